The van der Waals surface area contributed by atoms with Crippen molar-refractivity contribution >= 4 is 0 Å². The summed E-state index contributed by atoms with van der Waals surface area (Å²) in [6.07, 6.45) is 2.30. The Morgan fingerprint density at radius 1 is 1.21 bits per heavy atom. The molecule has 1 heterocycles. The van der Waals surface area contributed by atoms with Crippen molar-refractivity contribution in [1.82, 2.24) is 4.90 Å². The van der Waals surface area contributed by atoms with Crippen LogP contribution in [0.3, 0.4) is 0 Å². The Hall–Kier alpha value is -1.73. The fourth-order valence-corrected chi connectivity index (χ4v) is 2.67. The Morgan fingerprint density at radius 3 is 2.42 bits per heavy atom. The molecular formula is C15H20N2O2. The maximum atomic E-state index is 9.67. The standard InChI is InChI=1S/C15H20N2O2/c1-15(11-16,17-8-4-5-9-17)13-7-6-12(18-2)10-14(13)19-3/h6-7,10H,4-5,8-9H2,1-3H3. The third-order valence-corrected chi connectivity index (χ3v) is 3.89. The summed E-state index contributed by atoms with van der Waals surface area (Å²) in [5, 5.41) is 9.67. The van der Waals surface area contributed by atoms with Gasteiger partial charge in [-0.15, -0.1) is 0 Å². The Labute approximate surface area is 114 Å². The highest BCUT2D eigenvalue weighted by Gasteiger charge is 2.37. The summed E-state index contributed by atoms with van der Waals surface area (Å²) in [6, 6.07) is 8.10. The molecule has 0 aliphatic carbocycles. The lowest BCUT2D eigenvalue weighted by atomic mass is 9.90. The van der Waals surface area contributed by atoms with Crippen LogP contribution in [0, 0.1) is 11.3 Å². The van der Waals surface area contributed by atoms with Crippen molar-refractivity contribution in [3.8, 4) is 17.6 Å². The molecule has 2 rings (SSSR count). The van der Waals surface area contributed by atoms with Crippen molar-refractivity contribution in [3.63, 3.8) is 0 Å². The van der Waals surface area contributed by atoms with Crippen LogP contribution in [-0.2, 0) is 5.54 Å². The summed E-state index contributed by atoms with van der Waals surface area (Å²) in [4.78, 5) is 2.22. The molecule has 1 aromatic rings. The van der Waals surface area contributed by atoms with Crippen LogP contribution >= 0.6 is 0 Å². The SMILES string of the molecule is COc1ccc(C(C)(C#N)N2CCCC2)c(OC)c1. The zero-order chi connectivity index (χ0) is 13.9. The molecule has 4 heteroatoms. The van der Waals surface area contributed by atoms with Crippen molar-refractivity contribution in [2.75, 3.05) is 27.3 Å². The van der Waals surface area contributed by atoms with Gasteiger partial charge in [-0.2, -0.15) is 5.26 Å². The molecule has 1 unspecified atom stereocenters. The molecule has 0 spiro atoms. The van der Waals surface area contributed by atoms with Crippen LogP contribution in [0.2, 0.25) is 0 Å². The van der Waals surface area contributed by atoms with Gasteiger partial charge in [-0.25, -0.2) is 0 Å². The molecule has 1 aliphatic rings. The first kappa shape index (κ1) is 13.7. The van der Waals surface area contributed by atoms with Crippen LogP contribution < -0.4 is 9.47 Å². The lowest BCUT2D eigenvalue weighted by Gasteiger charge is -2.33. The van der Waals surface area contributed by atoms with E-state index in [1.54, 1.807) is 14.2 Å². The van der Waals surface area contributed by atoms with Crippen LogP contribution in [0.1, 0.15) is 25.3 Å². The number of rotatable bonds is 4. The van der Waals surface area contributed by atoms with Gasteiger partial charge >= 0.3 is 0 Å². The van der Waals surface area contributed by atoms with Gasteiger partial charge in [-0.1, -0.05) is 0 Å². The van der Waals surface area contributed by atoms with Gasteiger partial charge in [0.1, 0.15) is 17.0 Å². The Bertz CT molecular complexity index is 489. The van der Waals surface area contributed by atoms with Crippen LogP contribution in [0.5, 0.6) is 11.5 Å². The summed E-state index contributed by atoms with van der Waals surface area (Å²) in [5.41, 5.74) is 0.258. The van der Waals surface area contributed by atoms with E-state index >= 15 is 0 Å². The zero-order valence-electron chi connectivity index (χ0n) is 11.8. The number of nitrogens with zero attached hydrogens (tertiary/aromatic N) is 2. The van der Waals surface area contributed by atoms with Gasteiger partial charge in [0.25, 0.3) is 0 Å². The molecule has 1 atom stereocenters. The molecule has 0 N–H and O–H groups in total. The predicted molar refractivity (Wildman–Crippen MR) is 73.3 cm³/mol. The highest BCUT2D eigenvalue weighted by molar-refractivity contribution is 5.47. The molecule has 0 amide bonds. The molecule has 102 valence electrons. The number of nitriles is 1. The second kappa shape index (κ2) is 5.50. The van der Waals surface area contributed by atoms with Crippen LogP contribution in [0.4, 0.5) is 0 Å². The van der Waals surface area contributed by atoms with E-state index in [2.05, 4.69) is 11.0 Å². The first-order chi connectivity index (χ1) is 9.15. The third kappa shape index (κ3) is 2.39. The quantitative estimate of drug-likeness (QED) is 0.834. The summed E-state index contributed by atoms with van der Waals surface area (Å²) < 4.78 is 10.6. The van der Waals surface area contributed by atoms with Crippen molar-refractivity contribution in [2.45, 2.75) is 25.3 Å². The van der Waals surface area contributed by atoms with Crippen LogP contribution in [0.25, 0.3) is 0 Å². The van der Waals surface area contributed by atoms with Gasteiger partial charge in [0, 0.05) is 11.6 Å². The second-order valence-corrected chi connectivity index (χ2v) is 4.94. The molecule has 0 radical (unpaired) electrons. The predicted octanol–water partition coefficient (Wildman–Crippen LogP) is 2.54. The smallest absolute Gasteiger partial charge is 0.135 e. The Morgan fingerprint density at radius 2 is 1.89 bits per heavy atom. The number of methoxy groups -OCH3 is 2. The van der Waals surface area contributed by atoms with E-state index in [9.17, 15) is 5.26 Å². The third-order valence-electron chi connectivity index (χ3n) is 3.89. The van der Waals surface area contributed by atoms with Crippen LogP contribution in [-0.4, -0.2) is 32.2 Å². The highest BCUT2D eigenvalue weighted by atomic mass is 16.5. The highest BCUT2D eigenvalue weighted by Crippen LogP contribution is 2.38. The molecule has 0 saturated carbocycles. The summed E-state index contributed by atoms with van der Waals surface area (Å²) in [6.45, 7) is 3.88. The molecule has 4 nitrogen and oxygen atoms in total. The van der Waals surface area contributed by atoms with E-state index in [1.807, 2.05) is 25.1 Å². The number of benzene rings is 1. The molecule has 1 fully saturated rings. The number of hydrogen-bond acceptors (Lipinski definition) is 4. The van der Waals surface area contributed by atoms with E-state index in [0.717, 1.165) is 37.2 Å². The van der Waals surface area contributed by atoms with E-state index in [1.165, 1.54) is 0 Å². The monoisotopic (exact) mass is 260 g/mol. The van der Waals surface area contributed by atoms with Crippen molar-refractivity contribution in [1.29, 1.82) is 5.26 Å². The molecule has 19 heavy (non-hydrogen) atoms. The van der Waals surface area contributed by atoms with Gasteiger partial charge in [0.15, 0.2) is 0 Å². The van der Waals surface area contributed by atoms with Gasteiger partial charge < -0.3 is 9.47 Å². The molecular weight excluding hydrogens is 240 g/mol. The maximum absolute atomic E-state index is 9.67. The van der Waals surface area contributed by atoms with Crippen molar-refractivity contribution in [2.24, 2.45) is 0 Å². The number of hydrogen-bond donors (Lipinski definition) is 0. The summed E-state index contributed by atoms with van der Waals surface area (Å²) >= 11 is 0. The Kier molecular flexibility index (Phi) is 3.96. The first-order valence-electron chi connectivity index (χ1n) is 6.54. The largest absolute Gasteiger partial charge is 0.497 e. The van der Waals surface area contributed by atoms with Gasteiger partial charge in [-0.3, -0.25) is 4.90 Å². The Balaban J connectivity index is 2.45. The summed E-state index contributed by atoms with van der Waals surface area (Å²) in [7, 11) is 3.25. The lowest BCUT2D eigenvalue weighted by Crippen LogP contribution is -2.41. The van der Waals surface area contributed by atoms with Crippen molar-refractivity contribution < 1.29 is 9.47 Å². The van der Waals surface area contributed by atoms with Crippen LogP contribution in [0.15, 0.2) is 18.2 Å². The average Bonchev–Trinajstić information content (AvgIpc) is 3.00. The minimum Gasteiger partial charge on any atom is -0.497 e. The molecule has 1 aliphatic heterocycles. The topological polar surface area (TPSA) is 45.5 Å². The maximum Gasteiger partial charge on any atom is 0.135 e. The average molecular weight is 260 g/mol. The second-order valence-electron chi connectivity index (χ2n) is 4.94. The molecule has 1 aromatic carbocycles. The fraction of sp³-hybridized carbons (Fsp3) is 0.533. The molecule has 0 aromatic heterocycles. The van der Waals surface area contributed by atoms with Gasteiger partial charge in [-0.05, 0) is 45.0 Å². The minimum absolute atomic E-state index is 0.645. The minimum atomic E-state index is -0.645. The number of ether oxygens (including phenoxy) is 2. The van der Waals surface area contributed by atoms with Gasteiger partial charge in [0.05, 0.1) is 20.3 Å². The normalized spacial score (nSPS) is 18.6. The zero-order valence-corrected chi connectivity index (χ0v) is 11.8. The van der Waals surface area contributed by atoms with E-state index < -0.39 is 5.54 Å². The van der Waals surface area contributed by atoms with E-state index in [0.29, 0.717) is 5.75 Å². The lowest BCUT2D eigenvalue weighted by molar-refractivity contribution is 0.188. The fourth-order valence-electron chi connectivity index (χ4n) is 2.67. The van der Waals surface area contributed by atoms with E-state index in [-0.39, 0.29) is 0 Å². The van der Waals surface area contributed by atoms with E-state index in [4.69, 9.17) is 9.47 Å². The van der Waals surface area contributed by atoms with Gasteiger partial charge in [0.2, 0.25) is 0 Å². The van der Waals surface area contributed by atoms with Crippen molar-refractivity contribution in [3.05, 3.63) is 23.8 Å². The first-order valence-corrected chi connectivity index (χ1v) is 6.54. The molecule has 0 bridgehead atoms. The summed E-state index contributed by atoms with van der Waals surface area (Å²) in [5.74, 6) is 1.44. The molecule has 1 saturated heterocycles. The number of likely N-dealkylation sites (tertiary alicyclic amines) is 1.